The van der Waals surface area contributed by atoms with Gasteiger partial charge in [0.25, 0.3) is 0 Å². The van der Waals surface area contributed by atoms with Crippen LogP contribution in [0.15, 0.2) is 18.5 Å². The van der Waals surface area contributed by atoms with Gasteiger partial charge in [0.05, 0.1) is 11.2 Å². The van der Waals surface area contributed by atoms with Crippen LogP contribution in [-0.4, -0.2) is 28.8 Å². The van der Waals surface area contributed by atoms with Crippen molar-refractivity contribution in [3.8, 4) is 0 Å². The maximum absolute atomic E-state index is 12.6. The molecule has 0 unspecified atom stereocenters. The van der Waals surface area contributed by atoms with Crippen LogP contribution in [0.2, 0.25) is 0 Å². The second kappa shape index (κ2) is 3.71. The molecule has 0 saturated carbocycles. The van der Waals surface area contributed by atoms with E-state index in [9.17, 15) is 18.3 Å². The third-order valence-corrected chi connectivity index (χ3v) is 2.64. The fourth-order valence-electron chi connectivity index (χ4n) is 1.74. The third kappa shape index (κ3) is 2.17. The van der Waals surface area contributed by atoms with Gasteiger partial charge in [0.1, 0.15) is 0 Å². The van der Waals surface area contributed by atoms with Gasteiger partial charge in [-0.1, -0.05) is 0 Å². The highest BCUT2D eigenvalue weighted by atomic mass is 19.4. The predicted octanol–water partition coefficient (Wildman–Crippen LogP) is 0.977. The molecule has 0 aromatic carbocycles. The minimum Gasteiger partial charge on any atom is -0.387 e. The molecule has 88 valence electrons. The Morgan fingerprint density at radius 2 is 2.12 bits per heavy atom. The van der Waals surface area contributed by atoms with Crippen LogP contribution in [0.4, 0.5) is 13.2 Å². The fraction of sp³-hybridized carbons (Fsp3) is 0.500. The monoisotopic (exact) mass is 232 g/mol. The molecule has 1 aliphatic rings. The maximum Gasteiger partial charge on any atom is 0.416 e. The van der Waals surface area contributed by atoms with Gasteiger partial charge in [0, 0.05) is 31.9 Å². The summed E-state index contributed by atoms with van der Waals surface area (Å²) in [5.74, 6) is 0. The van der Waals surface area contributed by atoms with E-state index in [4.69, 9.17) is 0 Å². The lowest BCUT2D eigenvalue weighted by Crippen LogP contribution is -2.60. The van der Waals surface area contributed by atoms with Gasteiger partial charge in [0.15, 0.2) is 0 Å². The summed E-state index contributed by atoms with van der Waals surface area (Å²) in [5, 5.41) is 12.6. The fourth-order valence-corrected chi connectivity index (χ4v) is 1.74. The molecule has 16 heavy (non-hydrogen) atoms. The molecule has 1 aromatic heterocycles. The van der Waals surface area contributed by atoms with E-state index in [0.717, 1.165) is 12.3 Å². The first-order valence-electron chi connectivity index (χ1n) is 4.84. The van der Waals surface area contributed by atoms with E-state index in [1.54, 1.807) is 0 Å². The molecule has 1 fully saturated rings. The number of β-amino-alcohol motifs (C(OH)–C–C–N with tert-alkyl or cyclic N) is 1. The van der Waals surface area contributed by atoms with Crippen LogP contribution in [0.1, 0.15) is 11.1 Å². The molecule has 0 bridgehead atoms. The lowest BCUT2D eigenvalue weighted by atomic mass is 9.88. The number of aromatic nitrogens is 1. The molecule has 0 aliphatic carbocycles. The highest BCUT2D eigenvalue weighted by Gasteiger charge is 2.39. The Hall–Kier alpha value is -1.14. The Labute approximate surface area is 90.3 Å². The number of pyridine rings is 1. The molecule has 0 spiro atoms. The van der Waals surface area contributed by atoms with Crippen LogP contribution in [0.5, 0.6) is 0 Å². The maximum atomic E-state index is 12.6. The summed E-state index contributed by atoms with van der Waals surface area (Å²) in [5.41, 5.74) is -1.75. The predicted molar refractivity (Wildman–Crippen MR) is 50.8 cm³/mol. The second-order valence-corrected chi connectivity index (χ2v) is 4.04. The summed E-state index contributed by atoms with van der Waals surface area (Å²) < 4.78 is 37.9. The Kier molecular flexibility index (Phi) is 2.63. The van der Waals surface area contributed by atoms with E-state index >= 15 is 0 Å². The molecule has 2 rings (SSSR count). The van der Waals surface area contributed by atoms with Crippen molar-refractivity contribution in [1.82, 2.24) is 10.3 Å². The van der Waals surface area contributed by atoms with E-state index in [1.165, 1.54) is 6.20 Å². The number of nitrogens with zero attached hydrogens (tertiary/aromatic N) is 1. The Bertz CT molecular complexity index is 388. The molecular formula is C10H11F3N2O. The van der Waals surface area contributed by atoms with Crippen LogP contribution in [0, 0.1) is 0 Å². The van der Waals surface area contributed by atoms with E-state index in [-0.39, 0.29) is 12.0 Å². The van der Waals surface area contributed by atoms with Crippen molar-refractivity contribution in [3.05, 3.63) is 29.6 Å². The minimum atomic E-state index is -4.40. The molecular weight excluding hydrogens is 221 g/mol. The van der Waals surface area contributed by atoms with Crippen LogP contribution in [-0.2, 0) is 12.6 Å². The lowest BCUT2D eigenvalue weighted by molar-refractivity contribution is -0.138. The molecule has 2 heterocycles. The Morgan fingerprint density at radius 1 is 1.44 bits per heavy atom. The van der Waals surface area contributed by atoms with Crippen LogP contribution < -0.4 is 5.32 Å². The molecule has 1 aliphatic heterocycles. The summed E-state index contributed by atoms with van der Waals surface area (Å²) in [7, 11) is 0. The highest BCUT2D eigenvalue weighted by molar-refractivity contribution is 5.28. The number of hydrogen-bond acceptors (Lipinski definition) is 3. The smallest absolute Gasteiger partial charge is 0.387 e. The van der Waals surface area contributed by atoms with Crippen molar-refractivity contribution in [2.24, 2.45) is 0 Å². The standard InChI is InChI=1S/C10H11F3N2O/c11-10(12,13)8-1-2-14-4-7(8)3-9(16)5-15-6-9/h1-2,4,15-16H,3,5-6H2. The first-order valence-corrected chi connectivity index (χ1v) is 4.84. The SMILES string of the molecule is OC1(Cc2cnccc2C(F)(F)F)CNC1. The van der Waals surface area contributed by atoms with E-state index < -0.39 is 17.3 Å². The topological polar surface area (TPSA) is 45.2 Å². The second-order valence-electron chi connectivity index (χ2n) is 4.04. The normalized spacial score (nSPS) is 19.2. The largest absolute Gasteiger partial charge is 0.416 e. The summed E-state index contributed by atoms with van der Waals surface area (Å²) in [4.78, 5) is 3.67. The van der Waals surface area contributed by atoms with Crippen LogP contribution >= 0.6 is 0 Å². The number of hydrogen-bond donors (Lipinski definition) is 2. The van der Waals surface area contributed by atoms with E-state index in [1.807, 2.05) is 0 Å². The molecule has 0 radical (unpaired) electrons. The number of halogens is 3. The van der Waals surface area contributed by atoms with Gasteiger partial charge < -0.3 is 10.4 Å². The molecule has 0 amide bonds. The average Bonchev–Trinajstić information content (AvgIpc) is 2.14. The lowest BCUT2D eigenvalue weighted by Gasteiger charge is -2.38. The summed E-state index contributed by atoms with van der Waals surface area (Å²) >= 11 is 0. The summed E-state index contributed by atoms with van der Waals surface area (Å²) in [6.45, 7) is 0.637. The number of nitrogens with one attached hydrogen (secondary N) is 1. The van der Waals surface area contributed by atoms with Gasteiger partial charge in [-0.25, -0.2) is 0 Å². The van der Waals surface area contributed by atoms with Gasteiger partial charge in [-0.05, 0) is 11.6 Å². The first kappa shape index (κ1) is 11.3. The average molecular weight is 232 g/mol. The van der Waals surface area contributed by atoms with Crippen molar-refractivity contribution in [2.75, 3.05) is 13.1 Å². The van der Waals surface area contributed by atoms with Crippen LogP contribution in [0.3, 0.4) is 0 Å². The molecule has 3 nitrogen and oxygen atoms in total. The minimum absolute atomic E-state index is 0.0251. The van der Waals surface area contributed by atoms with Crippen molar-refractivity contribution < 1.29 is 18.3 Å². The zero-order valence-corrected chi connectivity index (χ0v) is 8.38. The molecule has 1 saturated heterocycles. The van der Waals surface area contributed by atoms with E-state index in [0.29, 0.717) is 13.1 Å². The first-order chi connectivity index (χ1) is 7.41. The Balaban J connectivity index is 2.26. The van der Waals surface area contributed by atoms with Gasteiger partial charge >= 0.3 is 6.18 Å². The Morgan fingerprint density at radius 3 is 2.62 bits per heavy atom. The number of aliphatic hydroxyl groups is 1. The summed E-state index contributed by atoms with van der Waals surface area (Å²) in [6.07, 6.45) is -2.15. The number of rotatable bonds is 2. The molecule has 1 aromatic rings. The zero-order valence-electron chi connectivity index (χ0n) is 8.38. The van der Waals surface area contributed by atoms with Crippen molar-refractivity contribution in [3.63, 3.8) is 0 Å². The highest BCUT2D eigenvalue weighted by Crippen LogP contribution is 2.33. The van der Waals surface area contributed by atoms with Crippen molar-refractivity contribution in [1.29, 1.82) is 0 Å². The molecule has 6 heteroatoms. The quantitative estimate of drug-likeness (QED) is 0.798. The van der Waals surface area contributed by atoms with Crippen molar-refractivity contribution >= 4 is 0 Å². The number of alkyl halides is 3. The van der Waals surface area contributed by atoms with Gasteiger partial charge in [0.2, 0.25) is 0 Å². The van der Waals surface area contributed by atoms with Crippen LogP contribution in [0.25, 0.3) is 0 Å². The van der Waals surface area contributed by atoms with Gasteiger partial charge in [-0.15, -0.1) is 0 Å². The molecule has 2 N–H and O–H groups in total. The van der Waals surface area contributed by atoms with Crippen molar-refractivity contribution in [2.45, 2.75) is 18.2 Å². The third-order valence-electron chi connectivity index (χ3n) is 2.64. The van der Waals surface area contributed by atoms with Gasteiger partial charge in [-0.3, -0.25) is 4.98 Å². The molecule has 0 atom stereocenters. The zero-order chi connectivity index (χ0) is 11.8. The van der Waals surface area contributed by atoms with E-state index in [2.05, 4.69) is 10.3 Å². The summed E-state index contributed by atoms with van der Waals surface area (Å²) in [6, 6.07) is 0.935. The van der Waals surface area contributed by atoms with Gasteiger partial charge in [-0.2, -0.15) is 13.2 Å².